The van der Waals surface area contributed by atoms with E-state index in [2.05, 4.69) is 5.32 Å². The number of nitrogens with zero attached hydrogens (tertiary/aromatic N) is 1. The van der Waals surface area contributed by atoms with Gasteiger partial charge in [-0.05, 0) is 24.1 Å². The van der Waals surface area contributed by atoms with Crippen LogP contribution < -0.4 is 5.32 Å². The van der Waals surface area contributed by atoms with Crippen LogP contribution in [0.4, 0.5) is 0 Å². The number of esters is 1. The van der Waals surface area contributed by atoms with Gasteiger partial charge in [0.05, 0.1) is 24.0 Å². The van der Waals surface area contributed by atoms with Gasteiger partial charge in [0.15, 0.2) is 0 Å². The van der Waals surface area contributed by atoms with Gasteiger partial charge in [0, 0.05) is 10.9 Å². The minimum absolute atomic E-state index is 0.199. The van der Waals surface area contributed by atoms with Gasteiger partial charge in [-0.25, -0.2) is 0 Å². The number of carbonyl (C=O) groups is 2. The van der Waals surface area contributed by atoms with Gasteiger partial charge in [0.1, 0.15) is 5.92 Å². The molecule has 5 nitrogen and oxygen atoms in total. The molecule has 0 spiro atoms. The summed E-state index contributed by atoms with van der Waals surface area (Å²) < 4.78 is 4.79. The molecule has 0 aliphatic carbocycles. The number of halogens is 1. The Morgan fingerprint density at radius 2 is 2.17 bits per heavy atom. The number of amides is 1. The molecular formula is C16H15ClN2O3S. The van der Waals surface area contributed by atoms with E-state index < -0.39 is 23.7 Å². The van der Waals surface area contributed by atoms with Crippen molar-refractivity contribution < 1.29 is 14.3 Å². The summed E-state index contributed by atoms with van der Waals surface area (Å²) in [4.78, 5) is 24.6. The Bertz CT molecular complexity index is 712. The molecule has 0 aromatic heterocycles. The average Bonchev–Trinajstić information content (AvgIpc) is 2.55. The quantitative estimate of drug-likeness (QED) is 0.667. The molecule has 0 radical (unpaired) electrons. The largest absolute Gasteiger partial charge is 0.468 e. The highest BCUT2D eigenvalue weighted by atomic mass is 35.5. The van der Waals surface area contributed by atoms with Crippen LogP contribution in [0.5, 0.6) is 0 Å². The second kappa shape index (κ2) is 7.53. The molecule has 1 heterocycles. The van der Waals surface area contributed by atoms with Crippen molar-refractivity contribution in [3.63, 3.8) is 0 Å². The fourth-order valence-electron chi connectivity index (χ4n) is 2.60. The molecule has 7 heteroatoms. The maximum absolute atomic E-state index is 12.4. The second-order valence-electron chi connectivity index (χ2n) is 4.95. The third kappa shape index (κ3) is 3.52. The molecule has 2 rings (SSSR count). The normalized spacial score (nSPS) is 20.7. The summed E-state index contributed by atoms with van der Waals surface area (Å²) in [6.07, 6.45) is 0. The molecule has 23 heavy (non-hydrogen) atoms. The third-order valence-electron chi connectivity index (χ3n) is 3.65. The first-order valence-corrected chi connectivity index (χ1v) is 8.21. The number of nitrogens with one attached hydrogen (secondary N) is 1. The van der Waals surface area contributed by atoms with E-state index in [1.165, 1.54) is 18.9 Å². The van der Waals surface area contributed by atoms with Crippen LogP contribution in [0.2, 0.25) is 5.02 Å². The Balaban J connectivity index is 2.56. The van der Waals surface area contributed by atoms with Gasteiger partial charge in [0.2, 0.25) is 5.91 Å². The Kier molecular flexibility index (Phi) is 5.69. The molecule has 1 amide bonds. The van der Waals surface area contributed by atoms with E-state index in [-0.39, 0.29) is 5.75 Å². The molecule has 1 aromatic carbocycles. The molecular weight excluding hydrogens is 336 g/mol. The summed E-state index contributed by atoms with van der Waals surface area (Å²) >= 11 is 7.50. The number of allylic oxidation sites excluding steroid dienone is 1. The number of methoxy groups -OCH3 is 1. The van der Waals surface area contributed by atoms with E-state index in [9.17, 15) is 9.59 Å². The lowest BCUT2D eigenvalue weighted by atomic mass is 9.79. The standard InChI is InChI=1S/C16H15ClN2O3S/c1-9-12(10-5-3-4-6-11(10)17)13(16(21)22-2)14(20)19-15(9)23-8-7-18/h3-6,12-13H,8H2,1-2H3,(H,19,20). The van der Waals surface area contributed by atoms with Crippen molar-refractivity contribution in [1.82, 2.24) is 5.32 Å². The summed E-state index contributed by atoms with van der Waals surface area (Å²) in [6.45, 7) is 1.82. The number of thioether (sulfide) groups is 1. The first-order chi connectivity index (χ1) is 11.0. The number of carbonyl (C=O) groups excluding carboxylic acids is 2. The summed E-state index contributed by atoms with van der Waals surface area (Å²) in [6, 6.07) is 9.11. The summed E-state index contributed by atoms with van der Waals surface area (Å²) in [5, 5.41) is 12.5. The smallest absolute Gasteiger partial charge is 0.319 e. The van der Waals surface area contributed by atoms with Gasteiger partial charge in [-0.2, -0.15) is 5.26 Å². The van der Waals surface area contributed by atoms with E-state index in [0.717, 1.165) is 5.57 Å². The Labute approximate surface area is 143 Å². The lowest BCUT2D eigenvalue weighted by Gasteiger charge is -2.32. The number of ether oxygens (including phenoxy) is 1. The van der Waals surface area contributed by atoms with Gasteiger partial charge in [-0.3, -0.25) is 9.59 Å². The molecule has 120 valence electrons. The van der Waals surface area contributed by atoms with E-state index in [1.54, 1.807) is 24.3 Å². The van der Waals surface area contributed by atoms with Crippen molar-refractivity contribution in [3.05, 3.63) is 45.5 Å². The topological polar surface area (TPSA) is 79.2 Å². The van der Waals surface area contributed by atoms with Crippen LogP contribution in [0.1, 0.15) is 18.4 Å². The SMILES string of the molecule is COC(=O)C1C(=O)NC(SCC#N)=C(C)C1c1ccccc1Cl. The predicted octanol–water partition coefficient (Wildman–Crippen LogP) is 2.83. The van der Waals surface area contributed by atoms with Crippen LogP contribution in [0.15, 0.2) is 34.9 Å². The average molecular weight is 351 g/mol. The van der Waals surface area contributed by atoms with Crippen molar-refractivity contribution >= 4 is 35.2 Å². The first-order valence-electron chi connectivity index (χ1n) is 6.84. The lowest BCUT2D eigenvalue weighted by molar-refractivity contribution is -0.150. The van der Waals surface area contributed by atoms with E-state index in [4.69, 9.17) is 21.6 Å². The van der Waals surface area contributed by atoms with Crippen molar-refractivity contribution in [3.8, 4) is 6.07 Å². The fraction of sp³-hybridized carbons (Fsp3) is 0.312. The molecule has 1 aliphatic rings. The minimum Gasteiger partial charge on any atom is -0.468 e. The van der Waals surface area contributed by atoms with Crippen LogP contribution in [0.25, 0.3) is 0 Å². The minimum atomic E-state index is -1.01. The maximum Gasteiger partial charge on any atom is 0.319 e. The van der Waals surface area contributed by atoms with Crippen molar-refractivity contribution in [2.45, 2.75) is 12.8 Å². The van der Waals surface area contributed by atoms with Crippen LogP contribution >= 0.6 is 23.4 Å². The Hall–Kier alpha value is -1.97. The lowest BCUT2D eigenvalue weighted by Crippen LogP contribution is -2.43. The van der Waals surface area contributed by atoms with Gasteiger partial charge in [-0.1, -0.05) is 41.6 Å². The number of hydrogen-bond acceptors (Lipinski definition) is 5. The maximum atomic E-state index is 12.4. The zero-order chi connectivity index (χ0) is 17.0. The third-order valence-corrected chi connectivity index (χ3v) is 4.98. The van der Waals surface area contributed by atoms with Gasteiger partial charge in [0.25, 0.3) is 0 Å². The summed E-state index contributed by atoms with van der Waals surface area (Å²) in [7, 11) is 1.25. The molecule has 1 aliphatic heterocycles. The summed E-state index contributed by atoms with van der Waals surface area (Å²) in [5.41, 5.74) is 1.47. The Morgan fingerprint density at radius 3 is 2.78 bits per heavy atom. The van der Waals surface area contributed by atoms with Crippen molar-refractivity contribution in [2.24, 2.45) is 5.92 Å². The predicted molar refractivity (Wildman–Crippen MR) is 88.6 cm³/mol. The van der Waals surface area contributed by atoms with Crippen LogP contribution in [-0.2, 0) is 14.3 Å². The van der Waals surface area contributed by atoms with Gasteiger partial charge < -0.3 is 10.1 Å². The van der Waals surface area contributed by atoms with E-state index in [1.807, 2.05) is 13.0 Å². The first kappa shape index (κ1) is 17.4. The zero-order valence-corrected chi connectivity index (χ0v) is 14.2. The molecule has 0 saturated carbocycles. The van der Waals surface area contributed by atoms with Gasteiger partial charge in [-0.15, -0.1) is 0 Å². The van der Waals surface area contributed by atoms with Crippen LogP contribution in [0, 0.1) is 17.2 Å². The van der Waals surface area contributed by atoms with Crippen LogP contribution in [0.3, 0.4) is 0 Å². The zero-order valence-electron chi connectivity index (χ0n) is 12.6. The van der Waals surface area contributed by atoms with E-state index in [0.29, 0.717) is 15.6 Å². The Morgan fingerprint density at radius 1 is 1.48 bits per heavy atom. The fourth-order valence-corrected chi connectivity index (χ4v) is 3.58. The highest BCUT2D eigenvalue weighted by Gasteiger charge is 2.43. The molecule has 2 atom stereocenters. The molecule has 2 unspecified atom stereocenters. The highest BCUT2D eigenvalue weighted by Crippen LogP contribution is 2.42. The summed E-state index contributed by atoms with van der Waals surface area (Å²) in [5.74, 6) is -2.40. The number of nitriles is 1. The van der Waals surface area contributed by atoms with Crippen molar-refractivity contribution in [1.29, 1.82) is 5.26 Å². The van der Waals surface area contributed by atoms with Gasteiger partial charge >= 0.3 is 5.97 Å². The molecule has 1 N–H and O–H groups in total. The van der Waals surface area contributed by atoms with E-state index >= 15 is 0 Å². The number of rotatable bonds is 4. The van der Waals surface area contributed by atoms with Crippen molar-refractivity contribution in [2.75, 3.05) is 12.9 Å². The number of benzene rings is 1. The second-order valence-corrected chi connectivity index (χ2v) is 6.34. The highest BCUT2D eigenvalue weighted by molar-refractivity contribution is 8.03. The number of hydrogen-bond donors (Lipinski definition) is 1. The molecule has 0 fully saturated rings. The van der Waals surface area contributed by atoms with Crippen LogP contribution in [-0.4, -0.2) is 24.7 Å². The monoisotopic (exact) mass is 350 g/mol. The molecule has 1 aromatic rings. The molecule has 0 bridgehead atoms. The molecule has 0 saturated heterocycles.